The molecule has 0 saturated heterocycles. The van der Waals surface area contributed by atoms with Gasteiger partial charge in [0.25, 0.3) is 0 Å². The van der Waals surface area contributed by atoms with Crippen LogP contribution in [0.2, 0.25) is 0 Å². The molecule has 25 heavy (non-hydrogen) atoms. The Hall–Kier alpha value is -2.05. The topological polar surface area (TPSA) is 29.1 Å². The number of carbonyl (C=O) groups is 1. The molecule has 2 heterocycles. The molecule has 1 amide bonds. The molecule has 6 heteroatoms. The predicted octanol–water partition coefficient (Wildman–Crippen LogP) is 5.93. The van der Waals surface area contributed by atoms with Gasteiger partial charge in [-0.2, -0.15) is 0 Å². The first-order valence-corrected chi connectivity index (χ1v) is 9.32. The molecule has 0 spiro atoms. The number of thiophene rings is 1. The smallest absolute Gasteiger partial charge is 0.225 e. The van der Waals surface area contributed by atoms with Crippen LogP contribution in [0, 0.1) is 11.6 Å². The van der Waals surface area contributed by atoms with Gasteiger partial charge in [0, 0.05) is 28.2 Å². The van der Waals surface area contributed by atoms with Crippen molar-refractivity contribution in [2.24, 2.45) is 0 Å². The van der Waals surface area contributed by atoms with E-state index in [0.29, 0.717) is 10.9 Å². The van der Waals surface area contributed by atoms with Crippen molar-refractivity contribution in [3.8, 4) is 11.1 Å². The second kappa shape index (κ2) is 6.35. The van der Waals surface area contributed by atoms with Crippen molar-refractivity contribution in [3.63, 3.8) is 0 Å². The quantitative estimate of drug-likeness (QED) is 0.547. The standard InChI is InChI=1S/C19H12BrF2NOS/c20-15-7-11(4-5-16(15)22)13-8-17(24)23-18-14(9-25-19(13)18)10-2-1-3-12(21)6-10/h1-7,9,13H,8H2,(H,23,24). The molecule has 3 aromatic rings. The van der Waals surface area contributed by atoms with Crippen LogP contribution in [0.4, 0.5) is 14.5 Å². The summed E-state index contributed by atoms with van der Waals surface area (Å²) in [6.07, 6.45) is 0.300. The molecule has 0 saturated carbocycles. The van der Waals surface area contributed by atoms with Gasteiger partial charge in [-0.3, -0.25) is 4.79 Å². The monoisotopic (exact) mass is 419 g/mol. The molecule has 1 aromatic heterocycles. The van der Waals surface area contributed by atoms with Crippen LogP contribution >= 0.6 is 27.3 Å². The fraction of sp³-hybridized carbons (Fsp3) is 0.105. The second-order valence-corrected chi connectivity index (χ2v) is 7.64. The Morgan fingerprint density at radius 3 is 2.76 bits per heavy atom. The molecule has 1 atom stereocenters. The minimum absolute atomic E-state index is 0.103. The molecule has 4 rings (SSSR count). The molecule has 126 valence electrons. The Morgan fingerprint density at radius 2 is 2.00 bits per heavy atom. The second-order valence-electron chi connectivity index (χ2n) is 5.88. The van der Waals surface area contributed by atoms with Crippen molar-refractivity contribution in [3.05, 3.63) is 74.4 Å². The van der Waals surface area contributed by atoms with Crippen LogP contribution in [0.1, 0.15) is 22.8 Å². The van der Waals surface area contributed by atoms with Crippen molar-refractivity contribution in [2.75, 3.05) is 5.32 Å². The van der Waals surface area contributed by atoms with Gasteiger partial charge in [-0.05, 0) is 51.3 Å². The number of benzene rings is 2. The minimum atomic E-state index is -0.337. The van der Waals surface area contributed by atoms with Crippen molar-refractivity contribution in [2.45, 2.75) is 12.3 Å². The molecule has 2 nitrogen and oxygen atoms in total. The normalized spacial score (nSPS) is 16.4. The van der Waals surface area contributed by atoms with Gasteiger partial charge in [-0.25, -0.2) is 8.78 Å². The average molecular weight is 420 g/mol. The molecule has 0 bridgehead atoms. The van der Waals surface area contributed by atoms with Gasteiger partial charge < -0.3 is 5.32 Å². The van der Waals surface area contributed by atoms with Gasteiger partial charge in [0.1, 0.15) is 11.6 Å². The van der Waals surface area contributed by atoms with Crippen molar-refractivity contribution in [1.82, 2.24) is 0 Å². The molecule has 0 fully saturated rings. The number of amides is 1. The number of carbonyl (C=O) groups excluding carboxylic acids is 1. The number of fused-ring (bicyclic) bond motifs is 1. The first-order chi connectivity index (χ1) is 12.0. The highest BCUT2D eigenvalue weighted by molar-refractivity contribution is 9.10. The lowest BCUT2D eigenvalue weighted by Crippen LogP contribution is -2.22. The molecule has 2 aromatic carbocycles. The maximum atomic E-state index is 13.6. The Balaban J connectivity index is 1.82. The van der Waals surface area contributed by atoms with E-state index in [1.54, 1.807) is 18.2 Å². The predicted molar refractivity (Wildman–Crippen MR) is 98.9 cm³/mol. The van der Waals surface area contributed by atoms with Crippen LogP contribution in [0.3, 0.4) is 0 Å². The zero-order valence-corrected chi connectivity index (χ0v) is 15.3. The summed E-state index contributed by atoms with van der Waals surface area (Å²) in [5.41, 5.74) is 3.12. The van der Waals surface area contributed by atoms with E-state index in [9.17, 15) is 13.6 Å². The number of anilines is 1. The van der Waals surface area contributed by atoms with E-state index < -0.39 is 0 Å². The third-order valence-electron chi connectivity index (χ3n) is 4.27. The highest BCUT2D eigenvalue weighted by Crippen LogP contribution is 2.46. The summed E-state index contributed by atoms with van der Waals surface area (Å²) in [6, 6.07) is 11.1. The molecular weight excluding hydrogens is 408 g/mol. The largest absolute Gasteiger partial charge is 0.325 e. The van der Waals surface area contributed by atoms with E-state index in [1.165, 1.54) is 29.5 Å². The Kier molecular flexibility index (Phi) is 4.17. The summed E-state index contributed by atoms with van der Waals surface area (Å²) in [7, 11) is 0. The Bertz CT molecular complexity index is 985. The molecule has 1 aliphatic rings. The van der Waals surface area contributed by atoms with Crippen molar-refractivity contribution >= 4 is 38.9 Å². The number of hydrogen-bond acceptors (Lipinski definition) is 2. The third kappa shape index (κ3) is 3.00. The number of hydrogen-bond donors (Lipinski definition) is 1. The van der Waals surface area contributed by atoms with Crippen molar-refractivity contribution in [1.29, 1.82) is 0 Å². The van der Waals surface area contributed by atoms with E-state index in [4.69, 9.17) is 0 Å². The lowest BCUT2D eigenvalue weighted by molar-refractivity contribution is -0.116. The summed E-state index contributed by atoms with van der Waals surface area (Å²) in [5, 5.41) is 4.84. The first-order valence-electron chi connectivity index (χ1n) is 7.65. The molecule has 1 aliphatic heterocycles. The summed E-state index contributed by atoms with van der Waals surface area (Å²) < 4.78 is 27.5. The van der Waals surface area contributed by atoms with Crippen LogP contribution < -0.4 is 5.32 Å². The maximum absolute atomic E-state index is 13.6. The summed E-state index contributed by atoms with van der Waals surface area (Å²) in [6.45, 7) is 0. The van der Waals surface area contributed by atoms with Crippen LogP contribution in [0.5, 0.6) is 0 Å². The highest BCUT2D eigenvalue weighted by atomic mass is 79.9. The molecular formula is C19H12BrF2NOS. The summed E-state index contributed by atoms with van der Waals surface area (Å²) in [5.74, 6) is -0.906. The minimum Gasteiger partial charge on any atom is -0.325 e. The van der Waals surface area contributed by atoms with E-state index >= 15 is 0 Å². The molecule has 1 N–H and O–H groups in total. The Morgan fingerprint density at radius 1 is 1.16 bits per heavy atom. The lowest BCUT2D eigenvalue weighted by atomic mass is 9.89. The highest BCUT2D eigenvalue weighted by Gasteiger charge is 2.30. The van der Waals surface area contributed by atoms with E-state index in [-0.39, 0.29) is 23.5 Å². The van der Waals surface area contributed by atoms with E-state index in [2.05, 4.69) is 21.2 Å². The van der Waals surface area contributed by atoms with Gasteiger partial charge >= 0.3 is 0 Å². The van der Waals surface area contributed by atoms with Crippen LogP contribution in [0.25, 0.3) is 11.1 Å². The van der Waals surface area contributed by atoms with Crippen LogP contribution in [0.15, 0.2) is 52.3 Å². The summed E-state index contributed by atoms with van der Waals surface area (Å²) >= 11 is 4.73. The van der Waals surface area contributed by atoms with E-state index in [1.807, 2.05) is 11.4 Å². The van der Waals surface area contributed by atoms with Gasteiger partial charge in [0.2, 0.25) is 5.91 Å². The van der Waals surface area contributed by atoms with E-state index in [0.717, 1.165) is 27.3 Å². The molecule has 0 radical (unpaired) electrons. The van der Waals surface area contributed by atoms with Gasteiger partial charge in [0.05, 0.1) is 10.2 Å². The first kappa shape index (κ1) is 16.4. The summed E-state index contributed by atoms with van der Waals surface area (Å²) in [4.78, 5) is 13.2. The zero-order valence-electron chi connectivity index (χ0n) is 12.9. The molecule has 0 aliphatic carbocycles. The Labute approximate surface area is 155 Å². The SMILES string of the molecule is O=C1CC(c2ccc(F)c(Br)c2)c2scc(-c3cccc(F)c3)c2N1. The van der Waals surface area contributed by atoms with Crippen molar-refractivity contribution < 1.29 is 13.6 Å². The average Bonchev–Trinajstić information content (AvgIpc) is 3.00. The fourth-order valence-corrected chi connectivity index (χ4v) is 4.65. The van der Waals surface area contributed by atoms with Gasteiger partial charge in [-0.1, -0.05) is 18.2 Å². The lowest BCUT2D eigenvalue weighted by Gasteiger charge is -2.24. The molecule has 1 unspecified atom stereocenters. The number of rotatable bonds is 2. The van der Waals surface area contributed by atoms with Crippen LogP contribution in [-0.4, -0.2) is 5.91 Å². The van der Waals surface area contributed by atoms with Crippen LogP contribution in [-0.2, 0) is 4.79 Å². The zero-order chi connectivity index (χ0) is 17.6. The maximum Gasteiger partial charge on any atom is 0.225 e. The van der Waals surface area contributed by atoms with Gasteiger partial charge in [0.15, 0.2) is 0 Å². The van der Waals surface area contributed by atoms with Gasteiger partial charge in [-0.15, -0.1) is 11.3 Å². The third-order valence-corrected chi connectivity index (χ3v) is 5.98. The fourth-order valence-electron chi connectivity index (χ4n) is 3.09. The number of nitrogens with one attached hydrogen (secondary N) is 1. The number of halogens is 3.